The number of ether oxygens (including phenoxy) is 1. The summed E-state index contributed by atoms with van der Waals surface area (Å²) in [6, 6.07) is 5.58. The van der Waals surface area contributed by atoms with Crippen LogP contribution in [0.25, 0.3) is 10.9 Å². The number of pyridine rings is 1. The highest BCUT2D eigenvalue weighted by atomic mass is 16.5. The first-order valence-electron chi connectivity index (χ1n) is 7.16. The molecule has 1 aromatic carbocycles. The fourth-order valence-corrected chi connectivity index (χ4v) is 2.45. The molecule has 0 saturated carbocycles. The van der Waals surface area contributed by atoms with E-state index in [9.17, 15) is 9.90 Å². The Balaban J connectivity index is 2.74. The minimum Gasteiger partial charge on any atom is -0.494 e. The van der Waals surface area contributed by atoms with Crippen LogP contribution in [0.4, 0.5) is 5.69 Å². The van der Waals surface area contributed by atoms with E-state index in [4.69, 9.17) is 4.74 Å². The molecule has 5 heteroatoms. The molecule has 1 aromatic heterocycles. The molecule has 0 amide bonds. The summed E-state index contributed by atoms with van der Waals surface area (Å²) in [7, 11) is 0. The van der Waals surface area contributed by atoms with Gasteiger partial charge in [0.25, 0.3) is 0 Å². The van der Waals surface area contributed by atoms with Crippen LogP contribution in [0, 0.1) is 0 Å². The number of aromatic carboxylic acids is 1. The lowest BCUT2D eigenvalue weighted by molar-refractivity contribution is 0.0697. The summed E-state index contributed by atoms with van der Waals surface area (Å²) in [5, 5.41) is 10.2. The van der Waals surface area contributed by atoms with Gasteiger partial charge in [-0.2, -0.15) is 0 Å². The summed E-state index contributed by atoms with van der Waals surface area (Å²) in [6.45, 7) is 7.96. The number of hydrogen-bond donors (Lipinski definition) is 1. The van der Waals surface area contributed by atoms with E-state index in [-0.39, 0.29) is 5.56 Å². The largest absolute Gasteiger partial charge is 0.494 e. The fraction of sp³-hybridized carbons (Fsp3) is 0.375. The molecule has 0 unspecified atom stereocenters. The number of nitrogens with zero attached hydrogens (tertiary/aromatic N) is 2. The van der Waals surface area contributed by atoms with E-state index in [1.165, 1.54) is 6.20 Å². The Morgan fingerprint density at radius 1 is 1.29 bits per heavy atom. The Bertz CT molecular complexity index is 651. The second-order valence-corrected chi connectivity index (χ2v) is 4.61. The molecule has 112 valence electrons. The molecule has 0 atom stereocenters. The van der Waals surface area contributed by atoms with Gasteiger partial charge in [0, 0.05) is 24.7 Å². The first-order chi connectivity index (χ1) is 10.1. The monoisotopic (exact) mass is 288 g/mol. The van der Waals surface area contributed by atoms with Crippen molar-refractivity contribution in [3.63, 3.8) is 0 Å². The first kappa shape index (κ1) is 15.1. The van der Waals surface area contributed by atoms with Crippen LogP contribution in [0.5, 0.6) is 5.75 Å². The summed E-state index contributed by atoms with van der Waals surface area (Å²) in [4.78, 5) is 17.8. The van der Waals surface area contributed by atoms with Crippen LogP contribution >= 0.6 is 0 Å². The van der Waals surface area contributed by atoms with Gasteiger partial charge in [-0.15, -0.1) is 0 Å². The van der Waals surface area contributed by atoms with Crippen molar-refractivity contribution in [1.82, 2.24) is 4.98 Å². The van der Waals surface area contributed by atoms with Crippen molar-refractivity contribution in [3.8, 4) is 5.75 Å². The third kappa shape index (κ3) is 2.91. The summed E-state index contributed by atoms with van der Waals surface area (Å²) < 4.78 is 5.52. The summed E-state index contributed by atoms with van der Waals surface area (Å²) in [5.41, 5.74) is 1.70. The van der Waals surface area contributed by atoms with Crippen LogP contribution in [0.15, 0.2) is 24.4 Å². The number of hydrogen-bond acceptors (Lipinski definition) is 4. The number of anilines is 1. The zero-order valence-corrected chi connectivity index (χ0v) is 12.6. The third-order valence-corrected chi connectivity index (χ3v) is 3.43. The molecule has 1 heterocycles. The number of aromatic nitrogens is 1. The summed E-state index contributed by atoms with van der Waals surface area (Å²) in [6.07, 6.45) is 1.43. The molecular formula is C16H20N2O3. The van der Waals surface area contributed by atoms with Crippen molar-refractivity contribution in [2.75, 3.05) is 24.6 Å². The van der Waals surface area contributed by atoms with Gasteiger partial charge in [-0.25, -0.2) is 4.79 Å². The minimum atomic E-state index is -0.965. The second kappa shape index (κ2) is 6.43. The normalized spacial score (nSPS) is 10.6. The number of carboxylic acid groups (broad SMARTS) is 1. The van der Waals surface area contributed by atoms with Gasteiger partial charge in [0.05, 0.1) is 17.8 Å². The molecule has 0 saturated heterocycles. The van der Waals surface area contributed by atoms with Crippen molar-refractivity contribution in [1.29, 1.82) is 0 Å². The summed E-state index contributed by atoms with van der Waals surface area (Å²) in [5.74, 6) is -0.240. The average molecular weight is 288 g/mol. The molecule has 21 heavy (non-hydrogen) atoms. The molecule has 0 aliphatic carbocycles. The summed E-state index contributed by atoms with van der Waals surface area (Å²) >= 11 is 0. The molecule has 5 nitrogen and oxygen atoms in total. The van der Waals surface area contributed by atoms with Crippen molar-refractivity contribution in [3.05, 3.63) is 30.0 Å². The van der Waals surface area contributed by atoms with Gasteiger partial charge >= 0.3 is 5.97 Å². The zero-order valence-electron chi connectivity index (χ0n) is 12.6. The third-order valence-electron chi connectivity index (χ3n) is 3.43. The lowest BCUT2D eigenvalue weighted by atomic mass is 10.1. The Kier molecular flexibility index (Phi) is 4.62. The maximum absolute atomic E-state index is 11.5. The van der Waals surface area contributed by atoms with Gasteiger partial charge < -0.3 is 14.7 Å². The topological polar surface area (TPSA) is 62.7 Å². The molecule has 0 aliphatic heterocycles. The smallest absolute Gasteiger partial charge is 0.339 e. The Labute approximate surface area is 124 Å². The van der Waals surface area contributed by atoms with Crippen LogP contribution in [0.1, 0.15) is 31.1 Å². The van der Waals surface area contributed by atoms with E-state index >= 15 is 0 Å². The van der Waals surface area contributed by atoms with Gasteiger partial charge in [0.1, 0.15) is 11.3 Å². The Morgan fingerprint density at radius 3 is 2.57 bits per heavy atom. The highest BCUT2D eigenvalue weighted by Gasteiger charge is 2.19. The van der Waals surface area contributed by atoms with E-state index < -0.39 is 5.97 Å². The van der Waals surface area contributed by atoms with E-state index in [1.54, 1.807) is 0 Å². The van der Waals surface area contributed by atoms with Gasteiger partial charge in [0.2, 0.25) is 0 Å². The Hall–Kier alpha value is -2.30. The predicted molar refractivity (Wildman–Crippen MR) is 83.4 cm³/mol. The van der Waals surface area contributed by atoms with Gasteiger partial charge in [-0.05, 0) is 39.0 Å². The molecule has 0 radical (unpaired) electrons. The number of benzene rings is 1. The standard InChI is InChI=1S/C16H20N2O3/c1-4-18(5-2)15-12-9-11(21-6-3)7-8-14(12)17-10-13(15)16(19)20/h7-10H,4-6H2,1-3H3,(H,19,20). The molecule has 2 rings (SSSR count). The van der Waals surface area contributed by atoms with Gasteiger partial charge in [-0.1, -0.05) is 0 Å². The molecule has 0 spiro atoms. The van der Waals surface area contributed by atoms with E-state index in [1.807, 2.05) is 43.9 Å². The number of fused-ring (bicyclic) bond motifs is 1. The molecular weight excluding hydrogens is 268 g/mol. The van der Waals surface area contributed by atoms with E-state index in [2.05, 4.69) is 4.98 Å². The van der Waals surface area contributed by atoms with Crippen molar-refractivity contribution in [2.45, 2.75) is 20.8 Å². The van der Waals surface area contributed by atoms with Crippen molar-refractivity contribution in [2.24, 2.45) is 0 Å². The maximum atomic E-state index is 11.5. The number of carbonyl (C=O) groups is 1. The van der Waals surface area contributed by atoms with Crippen molar-refractivity contribution < 1.29 is 14.6 Å². The SMILES string of the molecule is CCOc1ccc2ncc(C(=O)O)c(N(CC)CC)c2c1. The van der Waals surface area contributed by atoms with Crippen LogP contribution < -0.4 is 9.64 Å². The fourth-order valence-electron chi connectivity index (χ4n) is 2.45. The average Bonchev–Trinajstić information content (AvgIpc) is 2.48. The highest BCUT2D eigenvalue weighted by molar-refractivity contribution is 6.04. The number of rotatable bonds is 6. The van der Waals surface area contributed by atoms with E-state index in [0.29, 0.717) is 12.3 Å². The van der Waals surface area contributed by atoms with E-state index in [0.717, 1.165) is 29.7 Å². The second-order valence-electron chi connectivity index (χ2n) is 4.61. The van der Waals surface area contributed by atoms with Crippen LogP contribution in [0.2, 0.25) is 0 Å². The lowest BCUT2D eigenvalue weighted by Gasteiger charge is -2.24. The predicted octanol–water partition coefficient (Wildman–Crippen LogP) is 3.18. The zero-order chi connectivity index (χ0) is 15.4. The molecule has 0 aliphatic rings. The minimum absolute atomic E-state index is 0.222. The van der Waals surface area contributed by atoms with Crippen LogP contribution in [-0.2, 0) is 0 Å². The van der Waals surface area contributed by atoms with Gasteiger partial charge in [0.15, 0.2) is 0 Å². The van der Waals surface area contributed by atoms with Crippen LogP contribution in [-0.4, -0.2) is 35.8 Å². The van der Waals surface area contributed by atoms with Crippen molar-refractivity contribution >= 4 is 22.6 Å². The molecule has 0 bridgehead atoms. The number of carboxylic acids is 1. The Morgan fingerprint density at radius 2 is 2.00 bits per heavy atom. The molecule has 0 fully saturated rings. The molecule has 1 N–H and O–H groups in total. The quantitative estimate of drug-likeness (QED) is 0.884. The first-order valence-corrected chi connectivity index (χ1v) is 7.16. The van der Waals surface area contributed by atoms with Gasteiger partial charge in [-0.3, -0.25) is 4.98 Å². The highest BCUT2D eigenvalue weighted by Crippen LogP contribution is 2.32. The molecule has 2 aromatic rings. The lowest BCUT2D eigenvalue weighted by Crippen LogP contribution is -2.24. The van der Waals surface area contributed by atoms with Crippen LogP contribution in [0.3, 0.4) is 0 Å². The maximum Gasteiger partial charge on any atom is 0.339 e.